The summed E-state index contributed by atoms with van der Waals surface area (Å²) in [6, 6.07) is 16.8. The number of aryl methyl sites for hydroxylation is 1. The smallest absolute Gasteiger partial charge is 0.337 e. The number of rotatable bonds is 9. The van der Waals surface area contributed by atoms with Crippen LogP contribution in [-0.4, -0.2) is 17.7 Å². The molecular formula is C24H23BrClNO4. The van der Waals surface area contributed by atoms with Gasteiger partial charge in [0, 0.05) is 16.7 Å². The highest BCUT2D eigenvalue weighted by atomic mass is 79.9. The first-order chi connectivity index (χ1) is 14.9. The monoisotopic (exact) mass is 503 g/mol. The van der Waals surface area contributed by atoms with E-state index in [1.54, 1.807) is 12.1 Å². The number of carboxylic acid groups (broad SMARTS) is 1. The predicted molar refractivity (Wildman–Crippen MR) is 127 cm³/mol. The van der Waals surface area contributed by atoms with Crippen LogP contribution in [0.2, 0.25) is 5.02 Å². The van der Waals surface area contributed by atoms with Crippen molar-refractivity contribution in [1.82, 2.24) is 0 Å². The number of aromatic carboxylic acids is 1. The third-order valence-corrected chi connectivity index (χ3v) is 5.66. The molecule has 0 fully saturated rings. The number of hydrogen-bond acceptors (Lipinski definition) is 4. The Morgan fingerprint density at radius 3 is 2.42 bits per heavy atom. The summed E-state index contributed by atoms with van der Waals surface area (Å²) in [5.74, 6) is 0.266. The molecule has 162 valence electrons. The molecular weight excluding hydrogens is 482 g/mol. The van der Waals surface area contributed by atoms with Crippen molar-refractivity contribution in [2.75, 3.05) is 11.9 Å². The van der Waals surface area contributed by atoms with Crippen LogP contribution in [0.1, 0.15) is 34.0 Å². The topological polar surface area (TPSA) is 67.8 Å². The van der Waals surface area contributed by atoms with E-state index in [1.165, 1.54) is 11.6 Å². The molecule has 31 heavy (non-hydrogen) atoms. The van der Waals surface area contributed by atoms with Crippen LogP contribution < -0.4 is 14.8 Å². The van der Waals surface area contributed by atoms with E-state index >= 15 is 0 Å². The highest BCUT2D eigenvalue weighted by Gasteiger charge is 2.13. The zero-order valence-electron chi connectivity index (χ0n) is 17.2. The highest BCUT2D eigenvalue weighted by molar-refractivity contribution is 9.10. The van der Waals surface area contributed by atoms with Gasteiger partial charge >= 0.3 is 5.97 Å². The summed E-state index contributed by atoms with van der Waals surface area (Å²) in [4.78, 5) is 11.1. The normalized spacial score (nSPS) is 10.6. The van der Waals surface area contributed by atoms with Gasteiger partial charge in [0.1, 0.15) is 6.61 Å². The van der Waals surface area contributed by atoms with Crippen LogP contribution in [0.25, 0.3) is 0 Å². The third kappa shape index (κ3) is 6.15. The summed E-state index contributed by atoms with van der Waals surface area (Å²) < 4.78 is 12.7. The van der Waals surface area contributed by atoms with Gasteiger partial charge < -0.3 is 19.9 Å². The standard InChI is InChI=1S/C24H23BrClNO4/c1-3-30-22-10-17(13-27-18-8-9-19(24(28)29)21(26)11-18)20(25)12-23(22)31-14-16-6-4-15(2)5-7-16/h4-12,27H,3,13-14H2,1-2H3,(H,28,29). The van der Waals surface area contributed by atoms with Gasteiger partial charge in [0.2, 0.25) is 0 Å². The molecule has 0 aliphatic heterocycles. The average molecular weight is 505 g/mol. The summed E-state index contributed by atoms with van der Waals surface area (Å²) in [6.45, 7) is 5.42. The number of carboxylic acids is 1. The second-order valence-corrected chi connectivity index (χ2v) is 8.21. The molecule has 0 atom stereocenters. The van der Waals surface area contributed by atoms with E-state index in [9.17, 15) is 4.79 Å². The van der Waals surface area contributed by atoms with E-state index in [4.69, 9.17) is 26.2 Å². The number of halogens is 2. The molecule has 3 aromatic carbocycles. The first-order valence-corrected chi connectivity index (χ1v) is 10.9. The van der Waals surface area contributed by atoms with Gasteiger partial charge in [-0.2, -0.15) is 0 Å². The Kier molecular flexibility index (Phi) is 7.82. The van der Waals surface area contributed by atoms with Crippen molar-refractivity contribution < 1.29 is 19.4 Å². The summed E-state index contributed by atoms with van der Waals surface area (Å²) in [5.41, 5.74) is 4.04. The molecule has 0 heterocycles. The van der Waals surface area contributed by atoms with Crippen molar-refractivity contribution >= 4 is 39.2 Å². The molecule has 0 aliphatic rings. The molecule has 0 saturated heterocycles. The van der Waals surface area contributed by atoms with E-state index in [-0.39, 0.29) is 10.6 Å². The van der Waals surface area contributed by atoms with Crippen LogP contribution in [0.4, 0.5) is 5.69 Å². The average Bonchev–Trinajstić information content (AvgIpc) is 2.73. The fourth-order valence-corrected chi connectivity index (χ4v) is 3.66. The van der Waals surface area contributed by atoms with Gasteiger partial charge in [0.25, 0.3) is 0 Å². The number of ether oxygens (including phenoxy) is 2. The third-order valence-electron chi connectivity index (χ3n) is 4.61. The minimum Gasteiger partial charge on any atom is -0.490 e. The second kappa shape index (κ2) is 10.6. The first-order valence-electron chi connectivity index (χ1n) is 9.77. The Morgan fingerprint density at radius 2 is 1.77 bits per heavy atom. The van der Waals surface area contributed by atoms with Crippen LogP contribution in [0.5, 0.6) is 11.5 Å². The number of anilines is 1. The number of carbonyl (C=O) groups is 1. The fraction of sp³-hybridized carbons (Fsp3) is 0.208. The van der Waals surface area contributed by atoms with E-state index in [1.807, 2.05) is 31.2 Å². The lowest BCUT2D eigenvalue weighted by atomic mass is 10.1. The lowest BCUT2D eigenvalue weighted by Gasteiger charge is -2.16. The van der Waals surface area contributed by atoms with Crippen LogP contribution in [0.3, 0.4) is 0 Å². The Balaban J connectivity index is 1.74. The summed E-state index contributed by atoms with van der Waals surface area (Å²) >= 11 is 9.66. The number of hydrogen-bond donors (Lipinski definition) is 2. The fourth-order valence-electron chi connectivity index (χ4n) is 2.93. The summed E-state index contributed by atoms with van der Waals surface area (Å²) in [5, 5.41) is 12.5. The molecule has 0 amide bonds. The molecule has 0 spiro atoms. The number of nitrogens with one attached hydrogen (secondary N) is 1. The molecule has 0 unspecified atom stereocenters. The maximum absolute atomic E-state index is 11.1. The second-order valence-electron chi connectivity index (χ2n) is 6.95. The maximum atomic E-state index is 11.1. The van der Waals surface area contributed by atoms with E-state index < -0.39 is 5.97 Å². The van der Waals surface area contributed by atoms with Gasteiger partial charge in [0.05, 0.1) is 17.2 Å². The van der Waals surface area contributed by atoms with Gasteiger partial charge in [-0.25, -0.2) is 4.79 Å². The SMILES string of the molecule is CCOc1cc(CNc2ccc(C(=O)O)c(Cl)c2)c(Br)cc1OCc1ccc(C)cc1. The minimum absolute atomic E-state index is 0.0714. The van der Waals surface area contributed by atoms with Crippen molar-refractivity contribution in [3.8, 4) is 11.5 Å². The molecule has 0 aliphatic carbocycles. The Morgan fingerprint density at radius 1 is 1.06 bits per heavy atom. The van der Waals surface area contributed by atoms with Crippen LogP contribution in [-0.2, 0) is 13.2 Å². The molecule has 3 rings (SSSR count). The molecule has 0 bridgehead atoms. The van der Waals surface area contributed by atoms with Gasteiger partial charge in [-0.15, -0.1) is 0 Å². The quantitative estimate of drug-likeness (QED) is 0.339. The largest absolute Gasteiger partial charge is 0.490 e. The predicted octanol–water partition coefficient (Wildman–Crippen LogP) is 6.70. The Hall–Kier alpha value is -2.70. The van der Waals surface area contributed by atoms with Crippen molar-refractivity contribution in [3.63, 3.8) is 0 Å². The molecule has 0 saturated carbocycles. The van der Waals surface area contributed by atoms with Crippen molar-refractivity contribution in [2.24, 2.45) is 0 Å². The molecule has 3 aromatic rings. The lowest BCUT2D eigenvalue weighted by Crippen LogP contribution is -2.05. The zero-order chi connectivity index (χ0) is 22.4. The van der Waals surface area contributed by atoms with Gasteiger partial charge in [-0.05, 0) is 55.3 Å². The highest BCUT2D eigenvalue weighted by Crippen LogP contribution is 2.35. The molecule has 7 heteroatoms. The molecule has 0 radical (unpaired) electrons. The van der Waals surface area contributed by atoms with E-state index in [2.05, 4.69) is 40.3 Å². The van der Waals surface area contributed by atoms with Crippen molar-refractivity contribution in [1.29, 1.82) is 0 Å². The van der Waals surface area contributed by atoms with E-state index in [0.29, 0.717) is 31.3 Å². The van der Waals surface area contributed by atoms with Crippen molar-refractivity contribution in [3.05, 3.63) is 86.3 Å². The Bertz CT molecular complexity index is 1070. The Labute approximate surface area is 195 Å². The van der Waals surface area contributed by atoms with Gasteiger partial charge in [-0.1, -0.05) is 57.4 Å². The summed E-state index contributed by atoms with van der Waals surface area (Å²) in [6.07, 6.45) is 0. The number of benzene rings is 3. The van der Waals surface area contributed by atoms with E-state index in [0.717, 1.165) is 21.3 Å². The minimum atomic E-state index is -1.05. The first kappa shape index (κ1) is 23.0. The van der Waals surface area contributed by atoms with Crippen LogP contribution >= 0.6 is 27.5 Å². The van der Waals surface area contributed by atoms with Gasteiger partial charge in [-0.3, -0.25) is 0 Å². The molecule has 2 N–H and O–H groups in total. The molecule has 5 nitrogen and oxygen atoms in total. The van der Waals surface area contributed by atoms with Gasteiger partial charge in [0.15, 0.2) is 11.5 Å². The molecule has 0 aromatic heterocycles. The zero-order valence-corrected chi connectivity index (χ0v) is 19.6. The van der Waals surface area contributed by atoms with Crippen LogP contribution in [0.15, 0.2) is 59.1 Å². The summed E-state index contributed by atoms with van der Waals surface area (Å²) in [7, 11) is 0. The maximum Gasteiger partial charge on any atom is 0.337 e. The van der Waals surface area contributed by atoms with Crippen molar-refractivity contribution in [2.45, 2.75) is 27.0 Å². The van der Waals surface area contributed by atoms with Crippen LogP contribution in [0, 0.1) is 6.92 Å². The lowest BCUT2D eigenvalue weighted by molar-refractivity contribution is 0.0697.